The second kappa shape index (κ2) is 8.30. The first-order valence-corrected chi connectivity index (χ1v) is 9.48. The number of rotatable bonds is 6. The molecule has 1 aromatic carbocycles. The van der Waals surface area contributed by atoms with E-state index in [0.717, 1.165) is 29.8 Å². The standard InChI is InChI=1S/C21H27N3O2/c1-15-8-9-17(14-16(15)2)19(25)10-11-21(26)23-20-12-13-22-24(20)18-6-4-3-5-7-18/h8-9,12-14,18H,3-7,10-11H2,1-2H3,(H,23,26). The summed E-state index contributed by atoms with van der Waals surface area (Å²) in [4.78, 5) is 24.6. The molecule has 0 radical (unpaired) electrons. The van der Waals surface area contributed by atoms with Gasteiger partial charge in [-0.25, -0.2) is 4.68 Å². The van der Waals surface area contributed by atoms with E-state index in [9.17, 15) is 9.59 Å². The number of hydrogen-bond acceptors (Lipinski definition) is 3. The number of carbonyl (C=O) groups is 2. The Bertz CT molecular complexity index is 788. The number of anilines is 1. The fourth-order valence-corrected chi connectivity index (χ4v) is 3.52. The van der Waals surface area contributed by atoms with Crippen LogP contribution in [0.3, 0.4) is 0 Å². The van der Waals surface area contributed by atoms with Crippen LogP contribution in [0.1, 0.15) is 72.5 Å². The van der Waals surface area contributed by atoms with Crippen molar-refractivity contribution in [3.63, 3.8) is 0 Å². The first-order valence-electron chi connectivity index (χ1n) is 9.48. The molecule has 138 valence electrons. The van der Waals surface area contributed by atoms with Crippen molar-refractivity contribution in [3.8, 4) is 0 Å². The summed E-state index contributed by atoms with van der Waals surface area (Å²) in [5.41, 5.74) is 2.93. The fraction of sp³-hybridized carbons (Fsp3) is 0.476. The van der Waals surface area contributed by atoms with E-state index in [0.29, 0.717) is 11.6 Å². The molecule has 0 bridgehead atoms. The van der Waals surface area contributed by atoms with Crippen LogP contribution >= 0.6 is 0 Å². The second-order valence-corrected chi connectivity index (χ2v) is 7.22. The molecule has 3 rings (SSSR count). The molecule has 0 aliphatic heterocycles. The van der Waals surface area contributed by atoms with Crippen molar-refractivity contribution >= 4 is 17.5 Å². The van der Waals surface area contributed by atoms with Crippen molar-refractivity contribution < 1.29 is 9.59 Å². The average molecular weight is 353 g/mol. The lowest BCUT2D eigenvalue weighted by atomic mass is 9.96. The minimum Gasteiger partial charge on any atom is -0.311 e. The van der Waals surface area contributed by atoms with Crippen LogP contribution in [0.2, 0.25) is 0 Å². The third kappa shape index (κ3) is 4.40. The van der Waals surface area contributed by atoms with Gasteiger partial charge in [0.05, 0.1) is 12.2 Å². The van der Waals surface area contributed by atoms with E-state index in [4.69, 9.17) is 0 Å². The van der Waals surface area contributed by atoms with Gasteiger partial charge in [0.25, 0.3) is 0 Å². The summed E-state index contributed by atoms with van der Waals surface area (Å²) in [5.74, 6) is 0.601. The van der Waals surface area contributed by atoms with E-state index < -0.39 is 0 Å². The number of nitrogens with one attached hydrogen (secondary N) is 1. The van der Waals surface area contributed by atoms with Gasteiger partial charge in [0.1, 0.15) is 5.82 Å². The number of nitrogens with zero attached hydrogens (tertiary/aromatic N) is 2. The Hall–Kier alpha value is -2.43. The molecule has 1 N–H and O–H groups in total. The highest BCUT2D eigenvalue weighted by atomic mass is 16.2. The molecule has 2 aromatic rings. The van der Waals surface area contributed by atoms with Crippen LogP contribution < -0.4 is 5.32 Å². The zero-order valence-electron chi connectivity index (χ0n) is 15.6. The molecule has 5 heteroatoms. The van der Waals surface area contributed by atoms with Gasteiger partial charge in [0.2, 0.25) is 5.91 Å². The van der Waals surface area contributed by atoms with Gasteiger partial charge in [0.15, 0.2) is 5.78 Å². The van der Waals surface area contributed by atoms with Crippen LogP contribution in [0.4, 0.5) is 5.82 Å². The van der Waals surface area contributed by atoms with E-state index in [1.807, 2.05) is 42.8 Å². The van der Waals surface area contributed by atoms with Gasteiger partial charge in [-0.3, -0.25) is 9.59 Å². The lowest BCUT2D eigenvalue weighted by Gasteiger charge is -2.23. The summed E-state index contributed by atoms with van der Waals surface area (Å²) in [6.07, 6.45) is 8.04. The van der Waals surface area contributed by atoms with Crippen LogP contribution in [0, 0.1) is 13.8 Å². The van der Waals surface area contributed by atoms with Crippen molar-refractivity contribution in [2.24, 2.45) is 0 Å². The quantitative estimate of drug-likeness (QED) is 0.772. The molecule has 1 heterocycles. The minimum atomic E-state index is -0.139. The Balaban J connectivity index is 1.55. The molecule has 0 atom stereocenters. The Morgan fingerprint density at radius 2 is 1.85 bits per heavy atom. The van der Waals surface area contributed by atoms with Crippen LogP contribution in [0.15, 0.2) is 30.5 Å². The van der Waals surface area contributed by atoms with Gasteiger partial charge < -0.3 is 5.32 Å². The molecule has 1 aliphatic carbocycles. The van der Waals surface area contributed by atoms with Gasteiger partial charge in [-0.1, -0.05) is 31.4 Å². The van der Waals surface area contributed by atoms with E-state index in [2.05, 4.69) is 10.4 Å². The zero-order chi connectivity index (χ0) is 18.5. The normalized spacial score (nSPS) is 15.0. The van der Waals surface area contributed by atoms with Crippen molar-refractivity contribution in [2.45, 2.75) is 64.8 Å². The highest BCUT2D eigenvalue weighted by Gasteiger charge is 2.19. The molecule has 0 spiro atoms. The van der Waals surface area contributed by atoms with Crippen molar-refractivity contribution in [1.82, 2.24) is 9.78 Å². The van der Waals surface area contributed by atoms with Crippen molar-refractivity contribution in [3.05, 3.63) is 47.2 Å². The molecule has 0 unspecified atom stereocenters. The maximum absolute atomic E-state index is 12.3. The number of hydrogen-bond donors (Lipinski definition) is 1. The zero-order valence-corrected chi connectivity index (χ0v) is 15.6. The summed E-state index contributed by atoms with van der Waals surface area (Å²) in [7, 11) is 0. The van der Waals surface area contributed by atoms with Crippen LogP contribution in [0.5, 0.6) is 0 Å². The summed E-state index contributed by atoms with van der Waals surface area (Å²) < 4.78 is 1.93. The van der Waals surface area contributed by atoms with Crippen LogP contribution in [0.25, 0.3) is 0 Å². The van der Waals surface area contributed by atoms with Crippen molar-refractivity contribution in [2.75, 3.05) is 5.32 Å². The maximum Gasteiger partial charge on any atom is 0.225 e. The maximum atomic E-state index is 12.3. The second-order valence-electron chi connectivity index (χ2n) is 7.22. The first-order chi connectivity index (χ1) is 12.5. The number of Topliss-reactive ketones (excluding diaryl/α,β-unsaturated/α-hetero) is 1. The Labute approximate surface area is 154 Å². The molecule has 5 nitrogen and oxygen atoms in total. The fourth-order valence-electron chi connectivity index (χ4n) is 3.52. The molecule has 1 saturated carbocycles. The third-order valence-electron chi connectivity index (χ3n) is 5.27. The summed E-state index contributed by atoms with van der Waals surface area (Å²) in [5, 5.41) is 7.31. The van der Waals surface area contributed by atoms with E-state index in [-0.39, 0.29) is 24.5 Å². The summed E-state index contributed by atoms with van der Waals surface area (Å²) in [6, 6.07) is 7.88. The predicted molar refractivity (Wildman–Crippen MR) is 102 cm³/mol. The monoisotopic (exact) mass is 353 g/mol. The van der Waals surface area contributed by atoms with Crippen molar-refractivity contribution in [1.29, 1.82) is 0 Å². The SMILES string of the molecule is Cc1ccc(C(=O)CCC(=O)Nc2ccnn2C2CCCCC2)cc1C. The summed E-state index contributed by atoms with van der Waals surface area (Å²) in [6.45, 7) is 4.01. The lowest BCUT2D eigenvalue weighted by molar-refractivity contribution is -0.116. The van der Waals surface area contributed by atoms with E-state index in [1.54, 1.807) is 6.20 Å². The molecular formula is C21H27N3O2. The number of carbonyl (C=O) groups excluding carboxylic acids is 2. The van der Waals surface area contributed by atoms with Gasteiger partial charge >= 0.3 is 0 Å². The highest BCUT2D eigenvalue weighted by Crippen LogP contribution is 2.29. The van der Waals surface area contributed by atoms with Gasteiger partial charge in [-0.15, -0.1) is 0 Å². The number of amides is 1. The number of aryl methyl sites for hydroxylation is 2. The molecule has 1 fully saturated rings. The molecule has 26 heavy (non-hydrogen) atoms. The predicted octanol–water partition coefficient (Wildman–Crippen LogP) is 4.61. The molecule has 1 aliphatic rings. The van der Waals surface area contributed by atoms with Gasteiger partial charge in [-0.2, -0.15) is 5.10 Å². The largest absolute Gasteiger partial charge is 0.311 e. The molecule has 0 saturated heterocycles. The molecular weight excluding hydrogens is 326 g/mol. The Morgan fingerprint density at radius 1 is 1.08 bits per heavy atom. The lowest BCUT2D eigenvalue weighted by Crippen LogP contribution is -2.20. The minimum absolute atomic E-state index is 0.00374. The average Bonchev–Trinajstić information content (AvgIpc) is 3.10. The summed E-state index contributed by atoms with van der Waals surface area (Å²) >= 11 is 0. The Kier molecular flexibility index (Phi) is 5.86. The van der Waals surface area contributed by atoms with Crippen LogP contribution in [-0.4, -0.2) is 21.5 Å². The highest BCUT2D eigenvalue weighted by molar-refractivity contribution is 6.00. The number of aromatic nitrogens is 2. The third-order valence-corrected chi connectivity index (χ3v) is 5.27. The molecule has 1 amide bonds. The molecule has 1 aromatic heterocycles. The topological polar surface area (TPSA) is 64.0 Å². The Morgan fingerprint density at radius 3 is 2.58 bits per heavy atom. The van der Waals surface area contributed by atoms with E-state index >= 15 is 0 Å². The van der Waals surface area contributed by atoms with Gasteiger partial charge in [0, 0.05) is 24.5 Å². The smallest absolute Gasteiger partial charge is 0.225 e. The van der Waals surface area contributed by atoms with Gasteiger partial charge in [-0.05, 0) is 43.9 Å². The van der Waals surface area contributed by atoms with Crippen LogP contribution in [-0.2, 0) is 4.79 Å². The van der Waals surface area contributed by atoms with E-state index in [1.165, 1.54) is 19.3 Å². The first kappa shape index (κ1) is 18.4. The number of ketones is 1. The number of benzene rings is 1.